The SMILES string of the molecule is NC(CO)C(=O)N1CCCC1C(=O)NCC(=O)NC(Cc1ccccc1)C(=O)O. The number of hydrogen-bond donors (Lipinski definition) is 5. The van der Waals surface area contributed by atoms with Crippen LogP contribution in [0.1, 0.15) is 18.4 Å². The first-order valence-electron chi connectivity index (χ1n) is 9.34. The molecule has 2 rings (SSSR count). The number of carboxylic acids is 1. The number of carbonyl (C=O) groups excluding carboxylic acids is 3. The minimum absolute atomic E-state index is 0.111. The van der Waals surface area contributed by atoms with Crippen molar-refractivity contribution in [1.29, 1.82) is 0 Å². The van der Waals surface area contributed by atoms with Crippen LogP contribution in [-0.4, -0.2) is 76.6 Å². The zero-order valence-corrected chi connectivity index (χ0v) is 15.9. The first-order valence-corrected chi connectivity index (χ1v) is 9.34. The van der Waals surface area contributed by atoms with Crippen molar-refractivity contribution in [3.05, 3.63) is 35.9 Å². The minimum Gasteiger partial charge on any atom is -0.480 e. The number of carboxylic acid groups (broad SMARTS) is 1. The molecule has 1 fully saturated rings. The topological polar surface area (TPSA) is 162 Å². The molecule has 3 amide bonds. The van der Waals surface area contributed by atoms with E-state index in [4.69, 9.17) is 10.8 Å². The maximum absolute atomic E-state index is 12.4. The Kier molecular flexibility index (Phi) is 8.10. The summed E-state index contributed by atoms with van der Waals surface area (Å²) in [6, 6.07) is 5.86. The van der Waals surface area contributed by atoms with Gasteiger partial charge in [-0.15, -0.1) is 0 Å². The summed E-state index contributed by atoms with van der Waals surface area (Å²) in [5, 5.41) is 23.2. The minimum atomic E-state index is -1.18. The van der Waals surface area contributed by atoms with Gasteiger partial charge in [0, 0.05) is 13.0 Å². The molecule has 1 aromatic rings. The predicted octanol–water partition coefficient (Wildman–Crippen LogP) is -1.77. The molecule has 6 N–H and O–H groups in total. The van der Waals surface area contributed by atoms with Crippen LogP contribution in [0.2, 0.25) is 0 Å². The smallest absolute Gasteiger partial charge is 0.326 e. The Morgan fingerprint density at radius 3 is 2.52 bits per heavy atom. The lowest BCUT2D eigenvalue weighted by atomic mass is 10.1. The number of hydrogen-bond acceptors (Lipinski definition) is 6. The van der Waals surface area contributed by atoms with E-state index in [1.807, 2.05) is 0 Å². The Balaban J connectivity index is 1.87. The standard InChI is InChI=1S/C19H26N4O6/c20-13(11-24)18(27)23-8-4-7-15(23)17(26)21-10-16(25)22-14(19(28)29)9-12-5-2-1-3-6-12/h1-3,5-6,13-15,24H,4,7-11,20H2,(H,21,26)(H,22,25)(H,28,29). The van der Waals surface area contributed by atoms with Crippen molar-refractivity contribution in [3.63, 3.8) is 0 Å². The largest absolute Gasteiger partial charge is 0.480 e. The average molecular weight is 406 g/mol. The fourth-order valence-corrected chi connectivity index (χ4v) is 3.17. The molecule has 0 bridgehead atoms. The Labute approximate surface area is 168 Å². The lowest BCUT2D eigenvalue weighted by Crippen LogP contribution is -2.53. The molecule has 158 valence electrons. The quantitative estimate of drug-likeness (QED) is 0.324. The number of rotatable bonds is 9. The van der Waals surface area contributed by atoms with E-state index in [1.54, 1.807) is 30.3 Å². The van der Waals surface area contributed by atoms with Gasteiger partial charge in [0.25, 0.3) is 0 Å². The van der Waals surface area contributed by atoms with E-state index in [1.165, 1.54) is 4.90 Å². The van der Waals surface area contributed by atoms with Gasteiger partial charge >= 0.3 is 5.97 Å². The monoisotopic (exact) mass is 406 g/mol. The first kappa shape index (κ1) is 22.3. The van der Waals surface area contributed by atoms with Crippen LogP contribution in [0.3, 0.4) is 0 Å². The molecular formula is C19H26N4O6. The highest BCUT2D eigenvalue weighted by atomic mass is 16.4. The van der Waals surface area contributed by atoms with Crippen LogP contribution >= 0.6 is 0 Å². The van der Waals surface area contributed by atoms with E-state index < -0.39 is 55.0 Å². The molecule has 3 atom stereocenters. The summed E-state index contributed by atoms with van der Waals surface area (Å²) in [4.78, 5) is 49.3. The molecule has 1 aromatic carbocycles. The molecular weight excluding hydrogens is 380 g/mol. The highest BCUT2D eigenvalue weighted by Gasteiger charge is 2.36. The fraction of sp³-hybridized carbons (Fsp3) is 0.474. The Bertz CT molecular complexity index is 741. The van der Waals surface area contributed by atoms with Gasteiger partial charge in [0.15, 0.2) is 0 Å². The van der Waals surface area contributed by atoms with Crippen molar-refractivity contribution in [2.75, 3.05) is 19.7 Å². The summed E-state index contributed by atoms with van der Waals surface area (Å²) in [6.07, 6.45) is 1.13. The number of amides is 3. The zero-order chi connectivity index (χ0) is 21.4. The molecule has 0 radical (unpaired) electrons. The number of nitrogens with zero attached hydrogens (tertiary/aromatic N) is 1. The van der Waals surface area contributed by atoms with Gasteiger partial charge in [-0.3, -0.25) is 14.4 Å². The summed E-state index contributed by atoms with van der Waals surface area (Å²) in [7, 11) is 0. The normalized spacial score (nSPS) is 18.0. The second kappa shape index (κ2) is 10.5. The second-order valence-corrected chi connectivity index (χ2v) is 6.84. The Hall–Kier alpha value is -2.98. The van der Waals surface area contributed by atoms with Crippen LogP contribution in [0.4, 0.5) is 0 Å². The van der Waals surface area contributed by atoms with Gasteiger partial charge in [-0.2, -0.15) is 0 Å². The molecule has 0 spiro atoms. The third-order valence-electron chi connectivity index (χ3n) is 4.69. The molecule has 10 heteroatoms. The molecule has 3 unspecified atom stereocenters. The third-order valence-corrected chi connectivity index (χ3v) is 4.69. The lowest BCUT2D eigenvalue weighted by molar-refractivity contribution is -0.142. The molecule has 0 aromatic heterocycles. The number of likely N-dealkylation sites (tertiary alicyclic amines) is 1. The first-order chi connectivity index (χ1) is 13.8. The van der Waals surface area contributed by atoms with Crippen molar-refractivity contribution in [2.45, 2.75) is 37.4 Å². The lowest BCUT2D eigenvalue weighted by Gasteiger charge is -2.26. The summed E-state index contributed by atoms with van der Waals surface area (Å²) < 4.78 is 0. The molecule has 1 aliphatic rings. The predicted molar refractivity (Wildman–Crippen MR) is 103 cm³/mol. The molecule has 0 saturated carbocycles. The van der Waals surface area contributed by atoms with Crippen molar-refractivity contribution in [2.24, 2.45) is 5.73 Å². The van der Waals surface area contributed by atoms with Crippen molar-refractivity contribution in [3.8, 4) is 0 Å². The average Bonchev–Trinajstić information content (AvgIpc) is 3.21. The Morgan fingerprint density at radius 2 is 1.90 bits per heavy atom. The number of nitrogens with two attached hydrogens (primary N) is 1. The van der Waals surface area contributed by atoms with Gasteiger partial charge in [0.05, 0.1) is 13.2 Å². The van der Waals surface area contributed by atoms with Gasteiger partial charge < -0.3 is 31.5 Å². The van der Waals surface area contributed by atoms with Crippen LogP contribution in [0.5, 0.6) is 0 Å². The number of aliphatic carboxylic acids is 1. The summed E-state index contributed by atoms with van der Waals surface area (Å²) >= 11 is 0. The fourth-order valence-electron chi connectivity index (χ4n) is 3.17. The van der Waals surface area contributed by atoms with Crippen LogP contribution in [0, 0.1) is 0 Å². The van der Waals surface area contributed by atoms with E-state index in [0.29, 0.717) is 19.4 Å². The van der Waals surface area contributed by atoms with E-state index in [9.17, 15) is 24.3 Å². The number of benzene rings is 1. The maximum Gasteiger partial charge on any atom is 0.326 e. The van der Waals surface area contributed by atoms with Crippen LogP contribution < -0.4 is 16.4 Å². The van der Waals surface area contributed by atoms with Crippen LogP contribution in [0.25, 0.3) is 0 Å². The Morgan fingerprint density at radius 1 is 1.21 bits per heavy atom. The summed E-state index contributed by atoms with van der Waals surface area (Å²) in [5.41, 5.74) is 6.29. The van der Waals surface area contributed by atoms with Gasteiger partial charge in [-0.1, -0.05) is 30.3 Å². The van der Waals surface area contributed by atoms with Crippen LogP contribution in [-0.2, 0) is 25.6 Å². The number of carbonyl (C=O) groups is 4. The molecule has 1 heterocycles. The van der Waals surface area contributed by atoms with Crippen molar-refractivity contribution >= 4 is 23.7 Å². The highest BCUT2D eigenvalue weighted by Crippen LogP contribution is 2.18. The van der Waals surface area contributed by atoms with Crippen molar-refractivity contribution < 1.29 is 29.4 Å². The molecule has 10 nitrogen and oxygen atoms in total. The molecule has 1 saturated heterocycles. The summed E-state index contributed by atoms with van der Waals surface area (Å²) in [6.45, 7) is -0.596. The van der Waals surface area contributed by atoms with Crippen molar-refractivity contribution in [1.82, 2.24) is 15.5 Å². The van der Waals surface area contributed by atoms with E-state index in [2.05, 4.69) is 10.6 Å². The number of aliphatic hydroxyl groups is 1. The van der Waals surface area contributed by atoms with E-state index in [0.717, 1.165) is 5.56 Å². The van der Waals surface area contributed by atoms with Gasteiger partial charge in [0.2, 0.25) is 17.7 Å². The highest BCUT2D eigenvalue weighted by molar-refractivity contribution is 5.93. The van der Waals surface area contributed by atoms with E-state index >= 15 is 0 Å². The van der Waals surface area contributed by atoms with Gasteiger partial charge in [0.1, 0.15) is 18.1 Å². The molecule has 29 heavy (non-hydrogen) atoms. The van der Waals surface area contributed by atoms with Crippen LogP contribution in [0.15, 0.2) is 30.3 Å². The third kappa shape index (κ3) is 6.26. The number of nitrogens with one attached hydrogen (secondary N) is 2. The summed E-state index contributed by atoms with van der Waals surface area (Å²) in [5.74, 6) is -2.88. The second-order valence-electron chi connectivity index (χ2n) is 6.84. The van der Waals surface area contributed by atoms with Gasteiger partial charge in [-0.25, -0.2) is 4.79 Å². The molecule has 0 aliphatic carbocycles. The molecule has 1 aliphatic heterocycles. The maximum atomic E-state index is 12.4. The number of aliphatic hydroxyl groups excluding tert-OH is 1. The zero-order valence-electron chi connectivity index (χ0n) is 15.9. The van der Waals surface area contributed by atoms with Gasteiger partial charge in [-0.05, 0) is 18.4 Å². The van der Waals surface area contributed by atoms with E-state index in [-0.39, 0.29) is 6.42 Å².